The molecule has 0 aliphatic heterocycles. The fourth-order valence-corrected chi connectivity index (χ4v) is 1.23. The van der Waals surface area contributed by atoms with Crippen LogP contribution in [0.1, 0.15) is 18.1 Å². The lowest BCUT2D eigenvalue weighted by atomic mass is 10.1. The van der Waals surface area contributed by atoms with Gasteiger partial charge in [-0.05, 0) is 31.8 Å². The third-order valence-corrected chi connectivity index (χ3v) is 2.02. The van der Waals surface area contributed by atoms with Crippen molar-refractivity contribution in [1.29, 1.82) is 0 Å². The highest BCUT2D eigenvalue weighted by Gasteiger charge is 2.31. The molecule has 0 bridgehead atoms. The Bertz CT molecular complexity index is 432. The maximum Gasteiger partial charge on any atom is 0.416 e. The Morgan fingerprint density at radius 1 is 1.38 bits per heavy atom. The summed E-state index contributed by atoms with van der Waals surface area (Å²) in [6, 6.07) is 2.30. The molecule has 0 N–H and O–H groups in total. The monoisotopic (exact) mass is 231 g/mol. The third kappa shape index (κ3) is 2.48. The van der Waals surface area contributed by atoms with Gasteiger partial charge in [0.25, 0.3) is 0 Å². The van der Waals surface area contributed by atoms with Gasteiger partial charge in [-0.3, -0.25) is 4.99 Å². The van der Waals surface area contributed by atoms with Gasteiger partial charge in [0, 0.05) is 5.56 Å². The summed E-state index contributed by atoms with van der Waals surface area (Å²) in [6.45, 7) is 4.81. The van der Waals surface area contributed by atoms with E-state index in [1.165, 1.54) is 6.08 Å². The highest BCUT2D eigenvalue weighted by molar-refractivity contribution is 5.68. The Kier molecular flexibility index (Phi) is 3.47. The minimum atomic E-state index is -4.54. The molecular formula is C11H9F4N. The number of halogens is 4. The summed E-state index contributed by atoms with van der Waals surface area (Å²) >= 11 is 0. The van der Waals surface area contributed by atoms with Gasteiger partial charge in [0.15, 0.2) is 0 Å². The van der Waals surface area contributed by atoms with Crippen molar-refractivity contribution in [2.75, 3.05) is 0 Å². The third-order valence-electron chi connectivity index (χ3n) is 2.02. The van der Waals surface area contributed by atoms with Crippen molar-refractivity contribution in [3.05, 3.63) is 41.2 Å². The zero-order valence-corrected chi connectivity index (χ0v) is 8.48. The summed E-state index contributed by atoms with van der Waals surface area (Å²) in [4.78, 5) is 3.52. The summed E-state index contributed by atoms with van der Waals surface area (Å²) in [6.07, 6.45) is -3.07. The van der Waals surface area contributed by atoms with E-state index in [-0.39, 0.29) is 11.3 Å². The molecule has 0 aliphatic carbocycles. The second-order valence-corrected chi connectivity index (χ2v) is 3.02. The van der Waals surface area contributed by atoms with Gasteiger partial charge in [-0.25, -0.2) is 4.39 Å². The molecule has 0 aromatic heterocycles. The second kappa shape index (κ2) is 4.47. The van der Waals surface area contributed by atoms with Gasteiger partial charge in [0.05, 0.1) is 11.3 Å². The Balaban J connectivity index is 3.25. The Morgan fingerprint density at radius 3 is 2.38 bits per heavy atom. The van der Waals surface area contributed by atoms with E-state index in [2.05, 4.69) is 11.7 Å². The van der Waals surface area contributed by atoms with Crippen LogP contribution in [0.25, 0.3) is 5.70 Å². The SMILES string of the molecule is C=N/C(=C\C)c1ccc(C(F)(F)F)cc1F. The number of benzene rings is 1. The van der Waals surface area contributed by atoms with E-state index in [0.29, 0.717) is 6.07 Å². The van der Waals surface area contributed by atoms with E-state index in [1.54, 1.807) is 6.92 Å². The van der Waals surface area contributed by atoms with Gasteiger partial charge >= 0.3 is 6.18 Å². The molecule has 0 aliphatic rings. The van der Waals surface area contributed by atoms with Crippen molar-refractivity contribution in [1.82, 2.24) is 0 Å². The molecule has 0 radical (unpaired) electrons. The Labute approximate surface area is 90.1 Å². The van der Waals surface area contributed by atoms with E-state index in [1.807, 2.05) is 0 Å². The van der Waals surface area contributed by atoms with Crippen LogP contribution in [-0.4, -0.2) is 6.72 Å². The predicted molar refractivity (Wildman–Crippen MR) is 54.6 cm³/mol. The maximum atomic E-state index is 13.4. The van der Waals surface area contributed by atoms with Crippen LogP contribution in [0.5, 0.6) is 0 Å². The van der Waals surface area contributed by atoms with Crippen LogP contribution in [0.4, 0.5) is 17.6 Å². The van der Waals surface area contributed by atoms with E-state index in [4.69, 9.17) is 0 Å². The van der Waals surface area contributed by atoms with Gasteiger partial charge in [0.2, 0.25) is 0 Å². The molecule has 0 saturated carbocycles. The number of aliphatic imine (C=N–C) groups is 1. The van der Waals surface area contributed by atoms with Crippen LogP contribution in [-0.2, 0) is 6.18 Å². The minimum absolute atomic E-state index is 0.00509. The zero-order chi connectivity index (χ0) is 12.3. The summed E-state index contributed by atoms with van der Waals surface area (Å²) in [5.74, 6) is -0.963. The summed E-state index contributed by atoms with van der Waals surface area (Å²) in [5.41, 5.74) is -0.801. The molecule has 16 heavy (non-hydrogen) atoms. The fraction of sp³-hybridized carbons (Fsp3) is 0.182. The number of rotatable bonds is 2. The van der Waals surface area contributed by atoms with Crippen LogP contribution in [0, 0.1) is 5.82 Å². The first-order valence-electron chi connectivity index (χ1n) is 4.40. The topological polar surface area (TPSA) is 12.4 Å². The standard InChI is InChI=1S/C11H9F4N/c1-3-10(16-2)8-5-4-7(6-9(8)12)11(13,14)15/h3-6H,2H2,1H3/b10-3-. The number of alkyl halides is 3. The molecule has 0 atom stereocenters. The quantitative estimate of drug-likeness (QED) is 0.540. The van der Waals surface area contributed by atoms with Crippen LogP contribution in [0.2, 0.25) is 0 Å². The first kappa shape index (κ1) is 12.4. The van der Waals surface area contributed by atoms with E-state index in [9.17, 15) is 17.6 Å². The molecule has 0 saturated heterocycles. The van der Waals surface area contributed by atoms with Crippen LogP contribution < -0.4 is 0 Å². The van der Waals surface area contributed by atoms with Crippen molar-refractivity contribution in [2.24, 2.45) is 4.99 Å². The molecule has 1 nitrogen and oxygen atoms in total. The summed E-state index contributed by atoms with van der Waals surface area (Å²) in [5, 5.41) is 0. The van der Waals surface area contributed by atoms with E-state index < -0.39 is 17.6 Å². The van der Waals surface area contributed by atoms with Crippen LogP contribution >= 0.6 is 0 Å². The lowest BCUT2D eigenvalue weighted by Crippen LogP contribution is -2.05. The zero-order valence-electron chi connectivity index (χ0n) is 8.48. The number of nitrogens with zero attached hydrogens (tertiary/aromatic N) is 1. The molecule has 5 heteroatoms. The molecule has 0 unspecified atom stereocenters. The molecule has 0 fully saturated rings. The van der Waals surface area contributed by atoms with Gasteiger partial charge in [0.1, 0.15) is 5.82 Å². The second-order valence-electron chi connectivity index (χ2n) is 3.02. The summed E-state index contributed by atoms with van der Waals surface area (Å²) < 4.78 is 50.1. The number of hydrogen-bond donors (Lipinski definition) is 0. The van der Waals surface area contributed by atoms with Gasteiger partial charge < -0.3 is 0 Å². The molecule has 1 rings (SSSR count). The van der Waals surface area contributed by atoms with E-state index >= 15 is 0 Å². The largest absolute Gasteiger partial charge is 0.416 e. The number of hydrogen-bond acceptors (Lipinski definition) is 1. The van der Waals surface area contributed by atoms with Gasteiger partial charge in [-0.2, -0.15) is 13.2 Å². The van der Waals surface area contributed by atoms with Crippen molar-refractivity contribution >= 4 is 12.4 Å². The molecule has 1 aromatic rings. The molecular weight excluding hydrogens is 222 g/mol. The van der Waals surface area contributed by atoms with Crippen molar-refractivity contribution in [3.8, 4) is 0 Å². The van der Waals surface area contributed by atoms with Crippen LogP contribution in [0.3, 0.4) is 0 Å². The number of allylic oxidation sites excluding steroid dienone is 1. The molecule has 0 amide bonds. The lowest BCUT2D eigenvalue weighted by Gasteiger charge is -2.09. The van der Waals surface area contributed by atoms with Crippen molar-refractivity contribution < 1.29 is 17.6 Å². The highest BCUT2D eigenvalue weighted by Crippen LogP contribution is 2.31. The molecule has 0 spiro atoms. The van der Waals surface area contributed by atoms with Crippen molar-refractivity contribution in [3.63, 3.8) is 0 Å². The average Bonchev–Trinajstić information content (AvgIpc) is 2.20. The minimum Gasteiger partial charge on any atom is -0.264 e. The molecule has 86 valence electrons. The average molecular weight is 231 g/mol. The fourth-order valence-electron chi connectivity index (χ4n) is 1.23. The normalized spacial score (nSPS) is 12.7. The highest BCUT2D eigenvalue weighted by atomic mass is 19.4. The van der Waals surface area contributed by atoms with E-state index in [0.717, 1.165) is 12.1 Å². The predicted octanol–water partition coefficient (Wildman–Crippen LogP) is 3.91. The molecule has 0 heterocycles. The lowest BCUT2D eigenvalue weighted by molar-refractivity contribution is -0.137. The first-order valence-corrected chi connectivity index (χ1v) is 4.40. The maximum absolute atomic E-state index is 13.4. The first-order chi connectivity index (χ1) is 7.40. The molecule has 1 aromatic carbocycles. The van der Waals surface area contributed by atoms with Crippen LogP contribution in [0.15, 0.2) is 29.3 Å². The Morgan fingerprint density at radius 2 is 2.00 bits per heavy atom. The van der Waals surface area contributed by atoms with Gasteiger partial charge in [-0.1, -0.05) is 6.08 Å². The summed E-state index contributed by atoms with van der Waals surface area (Å²) in [7, 11) is 0. The van der Waals surface area contributed by atoms with Crippen molar-refractivity contribution in [2.45, 2.75) is 13.1 Å². The van der Waals surface area contributed by atoms with Gasteiger partial charge in [-0.15, -0.1) is 0 Å². The smallest absolute Gasteiger partial charge is 0.264 e. The Hall–Kier alpha value is -1.65.